The zero-order valence-electron chi connectivity index (χ0n) is 12.5. The third kappa shape index (κ3) is 2.72. The van der Waals surface area contributed by atoms with Crippen molar-refractivity contribution < 1.29 is 0 Å². The molecule has 1 aromatic carbocycles. The second-order valence-electron chi connectivity index (χ2n) is 6.17. The van der Waals surface area contributed by atoms with Gasteiger partial charge in [-0.25, -0.2) is 4.68 Å². The fourth-order valence-corrected chi connectivity index (χ4v) is 2.33. The summed E-state index contributed by atoms with van der Waals surface area (Å²) in [5.74, 6) is 0. The van der Waals surface area contributed by atoms with Crippen LogP contribution in [0.25, 0.3) is 11.0 Å². The molecule has 2 aromatic heterocycles. The predicted octanol–water partition coefficient (Wildman–Crippen LogP) is 3.48. The fourth-order valence-electron chi connectivity index (χ4n) is 2.33. The highest BCUT2D eigenvalue weighted by atomic mass is 15.5. The molecule has 0 aliphatic rings. The zero-order chi connectivity index (χ0) is 14.9. The molecule has 2 heterocycles. The van der Waals surface area contributed by atoms with E-state index in [0.717, 1.165) is 16.7 Å². The Balaban J connectivity index is 2.04. The summed E-state index contributed by atoms with van der Waals surface area (Å²) < 4.78 is 1.95. The van der Waals surface area contributed by atoms with Gasteiger partial charge in [0.1, 0.15) is 11.7 Å². The Morgan fingerprint density at radius 2 is 1.76 bits per heavy atom. The summed E-state index contributed by atoms with van der Waals surface area (Å²) in [5, 5.41) is 12.1. The lowest BCUT2D eigenvalue weighted by molar-refractivity contribution is 0.256. The number of aromatic nitrogens is 4. The molecule has 0 aliphatic carbocycles. The summed E-state index contributed by atoms with van der Waals surface area (Å²) in [4.78, 5) is 4.05. The molecule has 0 fully saturated rings. The topological polar surface area (TPSA) is 55.6 Å². The van der Waals surface area contributed by atoms with E-state index in [-0.39, 0.29) is 11.6 Å². The van der Waals surface area contributed by atoms with E-state index in [1.165, 1.54) is 0 Å². The molecular formula is C16H19N5. The molecule has 0 radical (unpaired) electrons. The number of pyridine rings is 1. The number of hydrogen-bond donors (Lipinski definition) is 1. The summed E-state index contributed by atoms with van der Waals surface area (Å²) in [6.45, 7) is 6.55. The van der Waals surface area contributed by atoms with Gasteiger partial charge in [0.25, 0.3) is 0 Å². The molecule has 5 heteroatoms. The monoisotopic (exact) mass is 281 g/mol. The van der Waals surface area contributed by atoms with Crippen LogP contribution in [0.2, 0.25) is 0 Å². The van der Waals surface area contributed by atoms with E-state index in [4.69, 9.17) is 0 Å². The maximum absolute atomic E-state index is 4.35. The van der Waals surface area contributed by atoms with E-state index >= 15 is 0 Å². The summed E-state index contributed by atoms with van der Waals surface area (Å²) in [7, 11) is 0. The minimum Gasteiger partial charge on any atom is -0.363 e. The Labute approximate surface area is 124 Å². The van der Waals surface area contributed by atoms with Crippen LogP contribution in [0.1, 0.15) is 26.9 Å². The van der Waals surface area contributed by atoms with Gasteiger partial charge in [-0.3, -0.25) is 4.98 Å². The average molecular weight is 281 g/mol. The summed E-state index contributed by atoms with van der Waals surface area (Å²) >= 11 is 0. The molecule has 1 atom stereocenters. The first-order valence-corrected chi connectivity index (χ1v) is 7.02. The molecule has 0 saturated carbocycles. The Hall–Kier alpha value is -2.43. The van der Waals surface area contributed by atoms with Crippen LogP contribution in [0.15, 0.2) is 48.8 Å². The number of nitrogens with one attached hydrogen (secondary N) is 1. The largest absolute Gasteiger partial charge is 0.363 e. The van der Waals surface area contributed by atoms with Crippen molar-refractivity contribution in [1.29, 1.82) is 0 Å². The van der Waals surface area contributed by atoms with Crippen molar-refractivity contribution in [2.24, 2.45) is 5.41 Å². The Kier molecular flexibility index (Phi) is 3.33. The van der Waals surface area contributed by atoms with E-state index in [0.29, 0.717) is 0 Å². The van der Waals surface area contributed by atoms with Gasteiger partial charge in [-0.15, -0.1) is 5.10 Å². The Morgan fingerprint density at radius 3 is 2.48 bits per heavy atom. The summed E-state index contributed by atoms with van der Waals surface area (Å²) in [6.07, 6.45) is 3.55. The highest BCUT2D eigenvalue weighted by molar-refractivity contribution is 5.74. The minimum atomic E-state index is -0.0280. The second-order valence-corrected chi connectivity index (χ2v) is 6.17. The van der Waals surface area contributed by atoms with E-state index in [2.05, 4.69) is 41.4 Å². The minimum absolute atomic E-state index is 0.00713. The summed E-state index contributed by atoms with van der Waals surface area (Å²) in [6, 6.07) is 11.9. The van der Waals surface area contributed by atoms with Crippen LogP contribution in [0.4, 0.5) is 5.69 Å². The molecule has 108 valence electrons. The molecule has 1 N–H and O–H groups in total. The molecule has 0 amide bonds. The first kappa shape index (κ1) is 13.5. The number of para-hydroxylation sites is 1. The zero-order valence-corrected chi connectivity index (χ0v) is 12.5. The Bertz CT molecular complexity index is 727. The molecule has 1 unspecified atom stereocenters. The van der Waals surface area contributed by atoms with Crippen molar-refractivity contribution in [1.82, 2.24) is 20.0 Å². The van der Waals surface area contributed by atoms with Crippen molar-refractivity contribution in [2.75, 3.05) is 5.32 Å². The third-order valence-corrected chi connectivity index (χ3v) is 3.43. The Morgan fingerprint density at radius 1 is 1.05 bits per heavy atom. The molecule has 5 nitrogen and oxygen atoms in total. The van der Waals surface area contributed by atoms with Crippen LogP contribution in [0.5, 0.6) is 0 Å². The molecule has 0 spiro atoms. The number of hydrogen-bond acceptors (Lipinski definition) is 4. The lowest BCUT2D eigenvalue weighted by Gasteiger charge is -2.32. The van der Waals surface area contributed by atoms with Gasteiger partial charge >= 0.3 is 0 Å². The van der Waals surface area contributed by atoms with E-state index in [9.17, 15) is 0 Å². The first-order chi connectivity index (χ1) is 10.1. The maximum atomic E-state index is 4.35. The highest BCUT2D eigenvalue weighted by Gasteiger charge is 2.28. The van der Waals surface area contributed by atoms with Gasteiger partial charge in [0.05, 0.1) is 5.52 Å². The van der Waals surface area contributed by atoms with Gasteiger partial charge in [-0.1, -0.05) is 38.1 Å². The smallest absolute Gasteiger partial charge is 0.127 e. The van der Waals surface area contributed by atoms with Crippen LogP contribution in [0, 0.1) is 5.41 Å². The van der Waals surface area contributed by atoms with E-state index in [1.54, 1.807) is 12.4 Å². The predicted molar refractivity (Wildman–Crippen MR) is 83.9 cm³/mol. The first-order valence-electron chi connectivity index (χ1n) is 7.02. The number of fused-ring (bicyclic) bond motifs is 1. The van der Waals surface area contributed by atoms with Crippen molar-refractivity contribution in [2.45, 2.75) is 26.9 Å². The lowest BCUT2D eigenvalue weighted by atomic mass is 9.92. The van der Waals surface area contributed by atoms with E-state index < -0.39 is 0 Å². The molecule has 21 heavy (non-hydrogen) atoms. The molecular weight excluding hydrogens is 262 g/mol. The third-order valence-electron chi connectivity index (χ3n) is 3.43. The number of rotatable bonds is 3. The number of benzene rings is 1. The average Bonchev–Trinajstić information content (AvgIpc) is 2.88. The highest BCUT2D eigenvalue weighted by Crippen LogP contribution is 2.32. The van der Waals surface area contributed by atoms with Crippen LogP contribution >= 0.6 is 0 Å². The molecule has 3 rings (SSSR count). The quantitative estimate of drug-likeness (QED) is 0.798. The lowest BCUT2D eigenvalue weighted by Crippen LogP contribution is -2.32. The molecule has 0 bridgehead atoms. The van der Waals surface area contributed by atoms with Gasteiger partial charge in [-0.05, 0) is 24.3 Å². The van der Waals surface area contributed by atoms with Gasteiger partial charge in [0.2, 0.25) is 0 Å². The van der Waals surface area contributed by atoms with Crippen molar-refractivity contribution in [3.63, 3.8) is 0 Å². The van der Waals surface area contributed by atoms with Crippen LogP contribution in [-0.2, 0) is 0 Å². The van der Waals surface area contributed by atoms with Crippen LogP contribution in [0.3, 0.4) is 0 Å². The molecule has 0 aliphatic heterocycles. The van der Waals surface area contributed by atoms with Gasteiger partial charge in [-0.2, -0.15) is 0 Å². The van der Waals surface area contributed by atoms with Crippen molar-refractivity contribution >= 4 is 16.7 Å². The van der Waals surface area contributed by atoms with Gasteiger partial charge in [0, 0.05) is 23.5 Å². The SMILES string of the molecule is CC(C)(C)C(Nc1ccncc1)n1nnc2ccccc21. The number of nitrogens with zero attached hydrogens (tertiary/aromatic N) is 4. The van der Waals surface area contributed by atoms with Crippen LogP contribution < -0.4 is 5.32 Å². The molecule has 3 aromatic rings. The van der Waals surface area contributed by atoms with Crippen molar-refractivity contribution in [3.05, 3.63) is 48.8 Å². The van der Waals surface area contributed by atoms with Crippen molar-refractivity contribution in [3.8, 4) is 0 Å². The van der Waals surface area contributed by atoms with E-state index in [1.807, 2.05) is 41.1 Å². The standard InChI is InChI=1S/C16H19N5/c1-16(2,3)15(18-12-8-10-17-11-9-12)21-14-7-5-4-6-13(14)19-20-21/h4-11,15H,1-3H3,(H,17,18). The normalized spacial score (nSPS) is 13.3. The second kappa shape index (κ2) is 5.16. The fraction of sp³-hybridized carbons (Fsp3) is 0.312. The number of anilines is 1. The van der Waals surface area contributed by atoms with Gasteiger partial charge < -0.3 is 5.32 Å². The van der Waals surface area contributed by atoms with Crippen LogP contribution in [-0.4, -0.2) is 20.0 Å². The maximum Gasteiger partial charge on any atom is 0.127 e. The summed E-state index contributed by atoms with van der Waals surface area (Å²) in [5.41, 5.74) is 2.92. The van der Waals surface area contributed by atoms with Gasteiger partial charge in [0.15, 0.2) is 0 Å². The molecule has 0 saturated heterocycles.